The lowest BCUT2D eigenvalue weighted by Gasteiger charge is -2.09. The van der Waals surface area contributed by atoms with Gasteiger partial charge in [0.25, 0.3) is 0 Å². The van der Waals surface area contributed by atoms with Gasteiger partial charge in [-0.1, -0.05) is 17.2 Å². The van der Waals surface area contributed by atoms with Gasteiger partial charge in [0.05, 0.1) is 0 Å². The summed E-state index contributed by atoms with van der Waals surface area (Å²) in [7, 11) is 5.48. The van der Waals surface area contributed by atoms with Crippen LogP contribution in [0.25, 0.3) is 0 Å². The molecule has 1 aromatic rings. The third kappa shape index (κ3) is 4.18. The van der Waals surface area contributed by atoms with Crippen molar-refractivity contribution in [1.82, 2.24) is 4.90 Å². The summed E-state index contributed by atoms with van der Waals surface area (Å²) in [6.07, 6.45) is 0. The van der Waals surface area contributed by atoms with Gasteiger partial charge in [-0.25, -0.2) is 4.79 Å². The van der Waals surface area contributed by atoms with E-state index in [2.05, 4.69) is 20.4 Å². The van der Waals surface area contributed by atoms with Gasteiger partial charge in [0, 0.05) is 19.3 Å². The van der Waals surface area contributed by atoms with Gasteiger partial charge in [-0.3, -0.25) is 0 Å². The predicted octanol–water partition coefficient (Wildman–Crippen LogP) is 2.36. The Morgan fingerprint density at radius 1 is 1.31 bits per heavy atom. The highest BCUT2D eigenvalue weighted by Gasteiger charge is 2.00. The first-order valence-corrected chi connectivity index (χ1v) is 4.96. The first kappa shape index (κ1) is 12.3. The average molecular weight is 220 g/mol. The van der Waals surface area contributed by atoms with Crippen LogP contribution in [-0.4, -0.2) is 32.1 Å². The first-order valence-electron chi connectivity index (χ1n) is 4.96. The number of benzene rings is 1. The van der Waals surface area contributed by atoms with Crippen molar-refractivity contribution in [3.63, 3.8) is 0 Å². The molecule has 1 rings (SSSR count). The van der Waals surface area contributed by atoms with Gasteiger partial charge in [-0.05, 0) is 31.8 Å². The zero-order valence-corrected chi connectivity index (χ0v) is 9.77. The van der Waals surface area contributed by atoms with Gasteiger partial charge in [0.15, 0.2) is 0 Å². The quantitative estimate of drug-likeness (QED) is 0.795. The zero-order chi connectivity index (χ0) is 12.0. The molecule has 0 radical (unpaired) electrons. The van der Waals surface area contributed by atoms with Gasteiger partial charge in [0.2, 0.25) is 0 Å². The van der Waals surface area contributed by atoms with Crippen LogP contribution in [0.1, 0.15) is 5.56 Å². The lowest BCUT2D eigenvalue weighted by Crippen LogP contribution is -2.10. The molecule has 0 saturated heterocycles. The summed E-state index contributed by atoms with van der Waals surface area (Å²) in [6.45, 7) is 0.878. The Morgan fingerprint density at radius 3 is 2.44 bits per heavy atom. The smallest absolute Gasteiger partial charge is 0.305 e. The largest absolute Gasteiger partial charge is 0.363 e. The van der Waals surface area contributed by atoms with Crippen LogP contribution < -0.4 is 5.32 Å². The molecule has 16 heavy (non-hydrogen) atoms. The van der Waals surface area contributed by atoms with Gasteiger partial charge in [0.1, 0.15) is 0 Å². The molecule has 86 valence electrons. The monoisotopic (exact) mass is 220 g/mol. The molecular formula is C11H16N4O. The molecule has 0 aliphatic heterocycles. The summed E-state index contributed by atoms with van der Waals surface area (Å²) >= 11 is 0. The van der Waals surface area contributed by atoms with Gasteiger partial charge >= 0.3 is 6.03 Å². The maximum absolute atomic E-state index is 11.1. The lowest BCUT2D eigenvalue weighted by molar-refractivity contribution is 0.258. The molecule has 0 atom stereocenters. The number of hydrogen-bond donors (Lipinski definition) is 1. The number of anilines is 1. The van der Waals surface area contributed by atoms with Crippen LogP contribution in [0.4, 0.5) is 10.5 Å². The summed E-state index contributed by atoms with van der Waals surface area (Å²) in [5, 5.41) is 9.36. The van der Waals surface area contributed by atoms with Crippen LogP contribution in [0, 0.1) is 0 Å². The molecule has 2 amide bonds. The van der Waals surface area contributed by atoms with Crippen molar-refractivity contribution in [1.29, 1.82) is 0 Å². The minimum atomic E-state index is -0.456. The van der Waals surface area contributed by atoms with Crippen LogP contribution in [0.2, 0.25) is 0 Å². The molecular weight excluding hydrogens is 204 g/mol. The van der Waals surface area contributed by atoms with Crippen LogP contribution in [0.3, 0.4) is 0 Å². The summed E-state index contributed by atoms with van der Waals surface area (Å²) in [4.78, 5) is 13.2. The van der Waals surface area contributed by atoms with Gasteiger partial charge in [-0.2, -0.15) is 5.11 Å². The minimum absolute atomic E-state index is 0.456. The number of carbonyl (C=O) groups excluding carboxylic acids is 1. The average Bonchev–Trinajstić information content (AvgIpc) is 2.20. The van der Waals surface area contributed by atoms with Crippen LogP contribution >= 0.6 is 0 Å². The molecule has 0 spiro atoms. The standard InChI is InChI=1S/C11H16N4O/c1-12-14-11(16)13-10-6-4-9(5-7-10)8-15(2)3/h4-7H,8H2,1-3H3,(H,13,16). The summed E-state index contributed by atoms with van der Waals surface area (Å²) in [5.41, 5.74) is 1.92. The topological polar surface area (TPSA) is 57.1 Å². The van der Waals surface area contributed by atoms with Crippen molar-refractivity contribution in [3.05, 3.63) is 29.8 Å². The SMILES string of the molecule is CN=NC(=O)Nc1ccc(CN(C)C)cc1. The number of nitrogens with zero attached hydrogens (tertiary/aromatic N) is 3. The normalized spacial score (nSPS) is 11.0. The van der Waals surface area contributed by atoms with E-state index >= 15 is 0 Å². The number of rotatable bonds is 3. The second-order valence-electron chi connectivity index (χ2n) is 3.66. The number of hydrogen-bond acceptors (Lipinski definition) is 3. The van der Waals surface area contributed by atoms with E-state index in [9.17, 15) is 4.79 Å². The van der Waals surface area contributed by atoms with Crippen molar-refractivity contribution >= 4 is 11.7 Å². The van der Waals surface area contributed by atoms with E-state index in [-0.39, 0.29) is 0 Å². The van der Waals surface area contributed by atoms with Crippen LogP contribution in [-0.2, 0) is 6.54 Å². The number of amides is 2. The van der Waals surface area contributed by atoms with E-state index in [4.69, 9.17) is 0 Å². The van der Waals surface area contributed by atoms with E-state index in [0.29, 0.717) is 0 Å². The zero-order valence-electron chi connectivity index (χ0n) is 9.77. The fourth-order valence-corrected chi connectivity index (χ4v) is 1.30. The van der Waals surface area contributed by atoms with Gasteiger partial charge in [-0.15, -0.1) is 0 Å². The van der Waals surface area contributed by atoms with Gasteiger partial charge < -0.3 is 10.2 Å². The Kier molecular flexibility index (Phi) is 4.60. The van der Waals surface area contributed by atoms with Crippen molar-refractivity contribution in [3.8, 4) is 0 Å². The van der Waals surface area contributed by atoms with E-state index in [1.807, 2.05) is 38.4 Å². The maximum atomic E-state index is 11.1. The number of azo groups is 1. The molecule has 1 aromatic carbocycles. The van der Waals surface area contributed by atoms with E-state index in [1.54, 1.807) is 0 Å². The van der Waals surface area contributed by atoms with Crippen molar-refractivity contribution in [2.24, 2.45) is 10.2 Å². The highest BCUT2D eigenvalue weighted by atomic mass is 16.2. The maximum Gasteiger partial charge on any atom is 0.363 e. The second-order valence-corrected chi connectivity index (χ2v) is 3.66. The predicted molar refractivity (Wildman–Crippen MR) is 63.6 cm³/mol. The summed E-state index contributed by atoms with van der Waals surface area (Å²) < 4.78 is 0. The molecule has 0 fully saturated rings. The second kappa shape index (κ2) is 5.97. The number of carbonyl (C=O) groups is 1. The highest BCUT2D eigenvalue weighted by molar-refractivity contribution is 5.89. The Labute approximate surface area is 95.2 Å². The molecule has 0 aliphatic rings. The molecule has 5 heteroatoms. The third-order valence-electron chi connectivity index (χ3n) is 1.89. The third-order valence-corrected chi connectivity index (χ3v) is 1.89. The highest BCUT2D eigenvalue weighted by Crippen LogP contribution is 2.10. The lowest BCUT2D eigenvalue weighted by atomic mass is 10.2. The van der Waals surface area contributed by atoms with E-state index in [0.717, 1.165) is 12.2 Å². The number of urea groups is 1. The van der Waals surface area contributed by atoms with Crippen LogP contribution in [0.5, 0.6) is 0 Å². The molecule has 0 aromatic heterocycles. The first-order chi connectivity index (χ1) is 7.61. The van der Waals surface area contributed by atoms with E-state index < -0.39 is 6.03 Å². The summed E-state index contributed by atoms with van der Waals surface area (Å²) in [5.74, 6) is 0. The fraction of sp³-hybridized carbons (Fsp3) is 0.364. The van der Waals surface area contributed by atoms with Crippen molar-refractivity contribution < 1.29 is 4.79 Å². The fourth-order valence-electron chi connectivity index (χ4n) is 1.30. The van der Waals surface area contributed by atoms with E-state index in [1.165, 1.54) is 12.6 Å². The minimum Gasteiger partial charge on any atom is -0.305 e. The molecule has 0 heterocycles. The molecule has 0 aliphatic carbocycles. The molecule has 0 unspecified atom stereocenters. The van der Waals surface area contributed by atoms with Crippen molar-refractivity contribution in [2.45, 2.75) is 6.54 Å². The summed E-state index contributed by atoms with van der Waals surface area (Å²) in [6, 6.07) is 7.18. The Bertz CT molecular complexity index is 370. The van der Waals surface area contributed by atoms with Crippen LogP contribution in [0.15, 0.2) is 34.5 Å². The molecule has 5 nitrogen and oxygen atoms in total. The number of nitrogens with one attached hydrogen (secondary N) is 1. The molecule has 1 N–H and O–H groups in total. The Morgan fingerprint density at radius 2 is 1.94 bits per heavy atom. The molecule has 0 saturated carbocycles. The Hall–Kier alpha value is -1.75. The Balaban J connectivity index is 2.61. The van der Waals surface area contributed by atoms with Crippen molar-refractivity contribution in [2.75, 3.05) is 26.5 Å². The molecule has 0 bridgehead atoms.